The first-order chi connectivity index (χ1) is 4.34. The zero-order valence-corrected chi connectivity index (χ0v) is 5.82. The minimum Gasteiger partial charge on any atom is -0.168 e. The molecule has 0 bridgehead atoms. The lowest BCUT2D eigenvalue weighted by atomic mass is 10.4. The minimum atomic E-state index is -4.58. The van der Waals surface area contributed by atoms with E-state index >= 15 is 0 Å². The van der Waals surface area contributed by atoms with Gasteiger partial charge in [0.05, 0.1) is 0 Å². The second kappa shape index (κ2) is 3.27. The second-order valence-electron chi connectivity index (χ2n) is 1.53. The smallest absolute Gasteiger partial charge is 0.168 e. The molecule has 7 heteroatoms. The molecular formula is C3H5F3O3P+. The van der Waals surface area contributed by atoms with Crippen molar-refractivity contribution in [1.82, 2.24) is 0 Å². The predicted molar refractivity (Wildman–Crippen MR) is 26.4 cm³/mol. The Labute approximate surface area is 55.8 Å². The molecule has 0 spiro atoms. The average molecular weight is 177 g/mol. The van der Waals surface area contributed by atoms with E-state index in [1.165, 1.54) is 0 Å². The Hall–Kier alpha value is -0.190. The molecule has 10 heavy (non-hydrogen) atoms. The standard InChI is InChI=1S/C3H4F3O3P/c1-2(3(4,5)6)9-10(7)8/h2H,1H3/p+1. The van der Waals surface area contributed by atoms with Gasteiger partial charge in [0.2, 0.25) is 6.10 Å². The van der Waals surface area contributed by atoms with Crippen LogP contribution >= 0.6 is 8.25 Å². The minimum absolute atomic E-state index is 0.656. The fourth-order valence-corrected chi connectivity index (χ4v) is 0.585. The molecule has 0 amide bonds. The maximum Gasteiger partial charge on any atom is 0.695 e. The summed E-state index contributed by atoms with van der Waals surface area (Å²) in [5.74, 6) is 0. The lowest BCUT2D eigenvalue weighted by Gasteiger charge is -2.07. The Morgan fingerprint density at radius 2 is 2.00 bits per heavy atom. The lowest BCUT2D eigenvalue weighted by Crippen LogP contribution is -2.26. The molecule has 2 unspecified atom stereocenters. The number of hydrogen-bond donors (Lipinski definition) is 1. The maximum absolute atomic E-state index is 11.4. The van der Waals surface area contributed by atoms with E-state index in [1.54, 1.807) is 0 Å². The van der Waals surface area contributed by atoms with Gasteiger partial charge >= 0.3 is 14.4 Å². The van der Waals surface area contributed by atoms with Gasteiger partial charge in [-0.25, -0.2) is 0 Å². The summed E-state index contributed by atoms with van der Waals surface area (Å²) < 4.78 is 47.6. The molecule has 1 N–H and O–H groups in total. The van der Waals surface area contributed by atoms with E-state index in [2.05, 4.69) is 4.52 Å². The summed E-state index contributed by atoms with van der Waals surface area (Å²) in [4.78, 5) is 7.87. The van der Waals surface area contributed by atoms with Crippen LogP contribution in [0.2, 0.25) is 0 Å². The zero-order chi connectivity index (χ0) is 8.36. The highest BCUT2D eigenvalue weighted by molar-refractivity contribution is 7.32. The van der Waals surface area contributed by atoms with Crippen molar-refractivity contribution in [2.75, 3.05) is 0 Å². The second-order valence-corrected chi connectivity index (χ2v) is 2.21. The summed E-state index contributed by atoms with van der Waals surface area (Å²) in [6, 6.07) is 0. The molecule has 0 aliphatic rings. The first kappa shape index (κ1) is 9.81. The van der Waals surface area contributed by atoms with Crippen molar-refractivity contribution in [3.63, 3.8) is 0 Å². The van der Waals surface area contributed by atoms with E-state index in [-0.39, 0.29) is 0 Å². The molecule has 0 aromatic rings. The zero-order valence-electron chi connectivity index (χ0n) is 4.92. The van der Waals surface area contributed by atoms with E-state index in [1.807, 2.05) is 0 Å². The Bertz CT molecular complexity index is 133. The normalized spacial score (nSPS) is 16.7. The lowest BCUT2D eigenvalue weighted by molar-refractivity contribution is -0.189. The summed E-state index contributed by atoms with van der Waals surface area (Å²) in [5.41, 5.74) is 0. The number of halogens is 3. The van der Waals surface area contributed by atoms with Crippen LogP contribution in [0.1, 0.15) is 6.92 Å². The van der Waals surface area contributed by atoms with Gasteiger partial charge in [-0.05, 0) is 6.92 Å². The fourth-order valence-electron chi connectivity index (χ4n) is 0.195. The van der Waals surface area contributed by atoms with Crippen LogP contribution in [0, 0.1) is 0 Å². The van der Waals surface area contributed by atoms with Crippen LogP contribution in [0.25, 0.3) is 0 Å². The van der Waals surface area contributed by atoms with Crippen molar-refractivity contribution in [1.29, 1.82) is 0 Å². The monoisotopic (exact) mass is 177 g/mol. The van der Waals surface area contributed by atoms with E-state index in [9.17, 15) is 17.7 Å². The SMILES string of the molecule is CC(O[P+](=O)O)C(F)(F)F. The maximum atomic E-state index is 11.4. The Morgan fingerprint density at radius 3 is 2.10 bits per heavy atom. The first-order valence-corrected chi connectivity index (χ1v) is 3.36. The topological polar surface area (TPSA) is 46.5 Å². The van der Waals surface area contributed by atoms with Crippen LogP contribution in [0.15, 0.2) is 0 Å². The first-order valence-electron chi connectivity index (χ1n) is 2.23. The third-order valence-corrected chi connectivity index (χ3v) is 1.21. The van der Waals surface area contributed by atoms with Gasteiger partial charge in [0.1, 0.15) is 0 Å². The van der Waals surface area contributed by atoms with E-state index in [0.717, 1.165) is 0 Å². The number of hydrogen-bond acceptors (Lipinski definition) is 2. The van der Waals surface area contributed by atoms with E-state index in [4.69, 9.17) is 4.89 Å². The van der Waals surface area contributed by atoms with Crippen LogP contribution < -0.4 is 0 Å². The van der Waals surface area contributed by atoms with Crippen LogP contribution in [0.3, 0.4) is 0 Å². The largest absolute Gasteiger partial charge is 0.695 e. The molecule has 3 nitrogen and oxygen atoms in total. The fraction of sp³-hybridized carbons (Fsp3) is 1.00. The molecule has 60 valence electrons. The third-order valence-electron chi connectivity index (χ3n) is 0.709. The highest BCUT2D eigenvalue weighted by atomic mass is 31.1. The quantitative estimate of drug-likeness (QED) is 0.651. The summed E-state index contributed by atoms with van der Waals surface area (Å²) in [6.45, 7) is 0.656. The third kappa shape index (κ3) is 3.76. The summed E-state index contributed by atoms with van der Waals surface area (Å²) in [7, 11) is -3.17. The Balaban J connectivity index is 3.85. The van der Waals surface area contributed by atoms with Gasteiger partial charge in [0.15, 0.2) is 0 Å². The Kier molecular flexibility index (Phi) is 3.21. The molecule has 0 aliphatic carbocycles. The van der Waals surface area contributed by atoms with Crippen molar-refractivity contribution in [2.24, 2.45) is 0 Å². The van der Waals surface area contributed by atoms with Crippen molar-refractivity contribution >= 4 is 8.25 Å². The number of rotatable bonds is 2. The van der Waals surface area contributed by atoms with Gasteiger partial charge in [-0.3, -0.25) is 0 Å². The van der Waals surface area contributed by atoms with E-state index < -0.39 is 20.5 Å². The van der Waals surface area contributed by atoms with Gasteiger partial charge in [0.25, 0.3) is 0 Å². The molecule has 2 atom stereocenters. The molecule has 0 saturated carbocycles. The van der Waals surface area contributed by atoms with Crippen molar-refractivity contribution in [3.05, 3.63) is 0 Å². The van der Waals surface area contributed by atoms with Gasteiger partial charge < -0.3 is 0 Å². The van der Waals surface area contributed by atoms with Gasteiger partial charge in [-0.15, -0.1) is 9.42 Å². The highest BCUT2D eigenvalue weighted by Gasteiger charge is 2.42. The van der Waals surface area contributed by atoms with Gasteiger partial charge in [-0.2, -0.15) is 13.2 Å². The molecule has 0 aliphatic heterocycles. The summed E-state index contributed by atoms with van der Waals surface area (Å²) in [6.07, 6.45) is -6.77. The van der Waals surface area contributed by atoms with E-state index in [0.29, 0.717) is 6.92 Å². The van der Waals surface area contributed by atoms with Crippen LogP contribution in [-0.2, 0) is 9.09 Å². The predicted octanol–water partition coefficient (Wildman–Crippen LogP) is 1.60. The summed E-state index contributed by atoms with van der Waals surface area (Å²) >= 11 is 0. The van der Waals surface area contributed by atoms with Gasteiger partial charge in [0, 0.05) is 4.57 Å². The highest BCUT2D eigenvalue weighted by Crippen LogP contribution is 2.29. The van der Waals surface area contributed by atoms with Crippen molar-refractivity contribution in [2.45, 2.75) is 19.2 Å². The van der Waals surface area contributed by atoms with Crippen LogP contribution in [0.4, 0.5) is 13.2 Å². The van der Waals surface area contributed by atoms with Gasteiger partial charge in [-0.1, -0.05) is 0 Å². The molecule has 0 saturated heterocycles. The van der Waals surface area contributed by atoms with Crippen LogP contribution in [-0.4, -0.2) is 17.2 Å². The molecule has 0 heterocycles. The number of alkyl halides is 3. The van der Waals surface area contributed by atoms with Crippen molar-refractivity contribution in [3.8, 4) is 0 Å². The molecular weight excluding hydrogens is 172 g/mol. The molecule has 0 radical (unpaired) electrons. The summed E-state index contributed by atoms with van der Waals surface area (Å²) in [5, 5.41) is 0. The average Bonchev–Trinajstić information content (AvgIpc) is 1.60. The Morgan fingerprint density at radius 1 is 1.60 bits per heavy atom. The van der Waals surface area contributed by atoms with Crippen molar-refractivity contribution < 1.29 is 27.2 Å². The molecule has 0 rings (SSSR count). The molecule has 0 aromatic heterocycles. The molecule has 0 aromatic carbocycles. The van der Waals surface area contributed by atoms with Crippen LogP contribution in [0.5, 0.6) is 0 Å². The molecule has 0 fully saturated rings.